The van der Waals surface area contributed by atoms with Crippen LogP contribution in [0.2, 0.25) is 0 Å². The number of hydrogen-bond acceptors (Lipinski definition) is 4. The number of nitrogens with one attached hydrogen (secondary N) is 2. The van der Waals surface area contributed by atoms with E-state index in [2.05, 4.69) is 27.6 Å². The number of carbonyl (C=O) groups excluding carboxylic acids is 2. The van der Waals surface area contributed by atoms with Gasteiger partial charge in [-0.2, -0.15) is 5.10 Å². The summed E-state index contributed by atoms with van der Waals surface area (Å²) in [6.45, 7) is 5.04. The van der Waals surface area contributed by atoms with Gasteiger partial charge >= 0.3 is 11.8 Å². The maximum absolute atomic E-state index is 12.1. The third kappa shape index (κ3) is 4.45. The van der Waals surface area contributed by atoms with E-state index in [1.165, 1.54) is 0 Å². The van der Waals surface area contributed by atoms with Gasteiger partial charge in [-0.25, -0.2) is 4.68 Å². The molecule has 132 valence electrons. The second-order valence-electron chi connectivity index (χ2n) is 6.12. The van der Waals surface area contributed by atoms with Gasteiger partial charge in [0, 0.05) is 31.4 Å². The molecule has 2 aromatic rings. The Morgan fingerprint density at radius 2 is 1.84 bits per heavy atom. The Kier molecular flexibility index (Phi) is 5.45. The normalized spacial score (nSPS) is 15.7. The molecular formula is C18H23N5O2. The molecule has 0 unspecified atom stereocenters. The molecule has 7 nitrogen and oxygen atoms in total. The first-order valence-corrected chi connectivity index (χ1v) is 8.61. The molecule has 2 N–H and O–H groups in total. The predicted octanol–water partition coefficient (Wildman–Crippen LogP) is 1.41. The Balaban J connectivity index is 1.52. The highest BCUT2D eigenvalue weighted by atomic mass is 16.2. The highest BCUT2D eigenvalue weighted by Crippen LogP contribution is 2.11. The lowest BCUT2D eigenvalue weighted by molar-refractivity contribution is -0.136. The molecule has 0 atom stereocenters. The van der Waals surface area contributed by atoms with Gasteiger partial charge in [-0.3, -0.25) is 9.59 Å². The summed E-state index contributed by atoms with van der Waals surface area (Å²) in [6.07, 6.45) is 3.48. The minimum atomic E-state index is -0.684. The molecule has 0 bridgehead atoms. The number of rotatable bonds is 4. The highest BCUT2D eigenvalue weighted by molar-refractivity contribution is 6.39. The van der Waals surface area contributed by atoms with Crippen LogP contribution >= 0.6 is 0 Å². The number of benzene rings is 1. The van der Waals surface area contributed by atoms with Gasteiger partial charge in [0.25, 0.3) is 0 Å². The molecule has 1 saturated heterocycles. The molecule has 0 spiro atoms. The quantitative estimate of drug-likeness (QED) is 0.824. The average Bonchev–Trinajstić information content (AvgIpc) is 3.11. The summed E-state index contributed by atoms with van der Waals surface area (Å²) in [7, 11) is 0. The summed E-state index contributed by atoms with van der Waals surface area (Å²) in [5, 5.41) is 9.63. The van der Waals surface area contributed by atoms with Crippen LogP contribution in [0.15, 0.2) is 42.6 Å². The van der Waals surface area contributed by atoms with E-state index in [0.29, 0.717) is 5.82 Å². The van der Waals surface area contributed by atoms with Crippen molar-refractivity contribution in [2.75, 3.05) is 25.0 Å². The largest absolute Gasteiger partial charge is 0.345 e. The number of amides is 2. The van der Waals surface area contributed by atoms with Crippen LogP contribution in [-0.4, -0.2) is 52.2 Å². The third-order valence-corrected chi connectivity index (χ3v) is 4.43. The van der Waals surface area contributed by atoms with Crippen LogP contribution in [0.25, 0.3) is 5.69 Å². The van der Waals surface area contributed by atoms with E-state index in [9.17, 15) is 9.59 Å². The Morgan fingerprint density at radius 1 is 1.12 bits per heavy atom. The molecule has 1 aliphatic heterocycles. The standard InChI is InChI=1S/C18H23N5O2/c1-2-22-11-8-14(9-12-22)19-17(24)18(25)20-16-10-13-23(21-16)15-6-4-3-5-7-15/h3-7,10,13-14H,2,8-9,11-12H2,1H3,(H,19,24)(H,20,21,25). The number of anilines is 1. The molecule has 0 aliphatic carbocycles. The number of likely N-dealkylation sites (tertiary alicyclic amines) is 1. The number of nitrogens with zero attached hydrogens (tertiary/aromatic N) is 3. The minimum Gasteiger partial charge on any atom is -0.345 e. The van der Waals surface area contributed by atoms with Crippen molar-refractivity contribution in [3.63, 3.8) is 0 Å². The number of hydrogen-bond donors (Lipinski definition) is 2. The lowest BCUT2D eigenvalue weighted by Gasteiger charge is -2.31. The Labute approximate surface area is 147 Å². The van der Waals surface area contributed by atoms with Gasteiger partial charge < -0.3 is 15.5 Å². The Bertz CT molecular complexity index is 720. The zero-order valence-corrected chi connectivity index (χ0v) is 14.3. The van der Waals surface area contributed by atoms with Gasteiger partial charge in [0.15, 0.2) is 5.82 Å². The summed E-state index contributed by atoms with van der Waals surface area (Å²) in [6, 6.07) is 11.3. The molecule has 1 aromatic carbocycles. The van der Waals surface area contributed by atoms with Crippen molar-refractivity contribution < 1.29 is 9.59 Å². The topological polar surface area (TPSA) is 79.3 Å². The molecule has 1 aromatic heterocycles. The molecule has 1 fully saturated rings. The van der Waals surface area contributed by atoms with E-state index >= 15 is 0 Å². The first kappa shape index (κ1) is 17.2. The summed E-state index contributed by atoms with van der Waals surface area (Å²) in [5.74, 6) is -0.940. The van der Waals surface area contributed by atoms with Gasteiger partial charge in [0.05, 0.1) is 5.69 Å². The summed E-state index contributed by atoms with van der Waals surface area (Å²) < 4.78 is 1.65. The zero-order chi connectivity index (χ0) is 17.6. The van der Waals surface area contributed by atoms with E-state index in [-0.39, 0.29) is 6.04 Å². The smallest absolute Gasteiger partial charge is 0.314 e. The maximum Gasteiger partial charge on any atom is 0.314 e. The zero-order valence-electron chi connectivity index (χ0n) is 14.3. The molecule has 25 heavy (non-hydrogen) atoms. The summed E-state index contributed by atoms with van der Waals surface area (Å²) in [5.41, 5.74) is 0.884. The van der Waals surface area contributed by atoms with Crippen LogP contribution in [-0.2, 0) is 9.59 Å². The first-order valence-electron chi connectivity index (χ1n) is 8.61. The second kappa shape index (κ2) is 7.94. The monoisotopic (exact) mass is 341 g/mol. The van der Waals surface area contributed by atoms with Gasteiger partial charge in [-0.1, -0.05) is 25.1 Å². The van der Waals surface area contributed by atoms with Gasteiger partial charge in [0.2, 0.25) is 0 Å². The molecule has 2 amide bonds. The predicted molar refractivity (Wildman–Crippen MR) is 95.5 cm³/mol. The molecular weight excluding hydrogens is 318 g/mol. The number of para-hydroxylation sites is 1. The van der Waals surface area contributed by atoms with Gasteiger partial charge in [-0.05, 0) is 31.5 Å². The fourth-order valence-electron chi connectivity index (χ4n) is 2.93. The van der Waals surface area contributed by atoms with Crippen molar-refractivity contribution in [1.82, 2.24) is 20.0 Å². The number of piperidine rings is 1. The number of aromatic nitrogens is 2. The van der Waals surface area contributed by atoms with E-state index in [0.717, 1.165) is 38.2 Å². The van der Waals surface area contributed by atoms with Crippen molar-refractivity contribution in [2.24, 2.45) is 0 Å². The number of carbonyl (C=O) groups is 2. The average molecular weight is 341 g/mol. The van der Waals surface area contributed by atoms with E-state index in [1.54, 1.807) is 16.9 Å². The summed E-state index contributed by atoms with van der Waals surface area (Å²) in [4.78, 5) is 26.5. The molecule has 1 aliphatic rings. The maximum atomic E-state index is 12.1. The van der Waals surface area contributed by atoms with Crippen LogP contribution < -0.4 is 10.6 Å². The van der Waals surface area contributed by atoms with Crippen molar-refractivity contribution in [3.05, 3.63) is 42.6 Å². The molecule has 7 heteroatoms. The van der Waals surface area contributed by atoms with Crippen LogP contribution in [0.5, 0.6) is 0 Å². The second-order valence-corrected chi connectivity index (χ2v) is 6.12. The fraction of sp³-hybridized carbons (Fsp3) is 0.389. The van der Waals surface area contributed by atoms with Crippen molar-refractivity contribution >= 4 is 17.6 Å². The van der Waals surface area contributed by atoms with Crippen LogP contribution in [0, 0.1) is 0 Å². The lowest BCUT2D eigenvalue weighted by atomic mass is 10.1. The molecule has 2 heterocycles. The van der Waals surface area contributed by atoms with Gasteiger partial charge in [-0.15, -0.1) is 0 Å². The van der Waals surface area contributed by atoms with Crippen molar-refractivity contribution in [1.29, 1.82) is 0 Å². The SMILES string of the molecule is CCN1CCC(NC(=O)C(=O)Nc2ccn(-c3ccccc3)n2)CC1. The van der Waals surface area contributed by atoms with Crippen LogP contribution in [0.1, 0.15) is 19.8 Å². The minimum absolute atomic E-state index is 0.0583. The van der Waals surface area contributed by atoms with Gasteiger partial charge in [0.1, 0.15) is 0 Å². The Hall–Kier alpha value is -2.67. The van der Waals surface area contributed by atoms with Crippen LogP contribution in [0.4, 0.5) is 5.82 Å². The lowest BCUT2D eigenvalue weighted by Crippen LogP contribution is -2.47. The molecule has 3 rings (SSSR count). The van der Waals surface area contributed by atoms with Crippen molar-refractivity contribution in [2.45, 2.75) is 25.8 Å². The third-order valence-electron chi connectivity index (χ3n) is 4.43. The first-order chi connectivity index (χ1) is 12.2. The Morgan fingerprint density at radius 3 is 2.52 bits per heavy atom. The van der Waals surface area contributed by atoms with E-state index in [4.69, 9.17) is 0 Å². The summed E-state index contributed by atoms with van der Waals surface area (Å²) >= 11 is 0. The molecule has 0 radical (unpaired) electrons. The molecule has 0 saturated carbocycles. The fourth-order valence-corrected chi connectivity index (χ4v) is 2.93. The van der Waals surface area contributed by atoms with Crippen LogP contribution in [0.3, 0.4) is 0 Å². The highest BCUT2D eigenvalue weighted by Gasteiger charge is 2.23. The van der Waals surface area contributed by atoms with E-state index in [1.807, 2.05) is 30.3 Å². The van der Waals surface area contributed by atoms with E-state index < -0.39 is 11.8 Å². The van der Waals surface area contributed by atoms with Crippen molar-refractivity contribution in [3.8, 4) is 5.69 Å².